The second kappa shape index (κ2) is 5.88. The van der Waals surface area contributed by atoms with Gasteiger partial charge in [0.1, 0.15) is 5.82 Å². The van der Waals surface area contributed by atoms with Crippen molar-refractivity contribution in [3.05, 3.63) is 65.0 Å². The number of rotatable bonds is 5. The molecule has 3 rings (SSSR count). The SMILES string of the molecule is CCc1cccc(C)c1NC(c1ccc(F)cc1)C1CC1. The zero-order chi connectivity index (χ0) is 14.8. The molecule has 2 aromatic rings. The number of aryl methyl sites for hydroxylation is 2. The normalized spacial score (nSPS) is 15.8. The third-order valence-corrected chi connectivity index (χ3v) is 4.36. The van der Waals surface area contributed by atoms with Crippen LogP contribution in [0.5, 0.6) is 0 Å². The molecule has 0 saturated heterocycles. The fourth-order valence-electron chi connectivity index (χ4n) is 2.96. The summed E-state index contributed by atoms with van der Waals surface area (Å²) in [6.45, 7) is 4.33. The molecule has 0 spiro atoms. The molecule has 1 saturated carbocycles. The van der Waals surface area contributed by atoms with E-state index >= 15 is 0 Å². The van der Waals surface area contributed by atoms with Crippen LogP contribution in [0.2, 0.25) is 0 Å². The molecule has 1 nitrogen and oxygen atoms in total. The van der Waals surface area contributed by atoms with Crippen molar-refractivity contribution in [3.8, 4) is 0 Å². The van der Waals surface area contributed by atoms with Gasteiger partial charge in [0, 0.05) is 5.69 Å². The molecule has 2 heteroatoms. The van der Waals surface area contributed by atoms with E-state index in [0.29, 0.717) is 5.92 Å². The fourth-order valence-corrected chi connectivity index (χ4v) is 2.96. The molecule has 110 valence electrons. The lowest BCUT2D eigenvalue weighted by molar-refractivity contribution is 0.622. The summed E-state index contributed by atoms with van der Waals surface area (Å²) in [5, 5.41) is 3.74. The van der Waals surface area contributed by atoms with Crippen molar-refractivity contribution < 1.29 is 4.39 Å². The van der Waals surface area contributed by atoms with Crippen molar-refractivity contribution in [2.75, 3.05) is 5.32 Å². The number of halogens is 1. The van der Waals surface area contributed by atoms with E-state index in [4.69, 9.17) is 0 Å². The van der Waals surface area contributed by atoms with Crippen LogP contribution in [0, 0.1) is 18.7 Å². The fraction of sp³-hybridized carbons (Fsp3) is 0.368. The Kier molecular flexibility index (Phi) is 3.96. The first-order valence-electron chi connectivity index (χ1n) is 7.79. The van der Waals surface area contributed by atoms with E-state index in [0.717, 1.165) is 6.42 Å². The molecule has 1 fully saturated rings. The molecule has 0 amide bonds. The smallest absolute Gasteiger partial charge is 0.123 e. The van der Waals surface area contributed by atoms with Gasteiger partial charge in [-0.1, -0.05) is 37.3 Å². The van der Waals surface area contributed by atoms with Crippen LogP contribution in [0.15, 0.2) is 42.5 Å². The molecule has 1 atom stereocenters. The van der Waals surface area contributed by atoms with E-state index in [9.17, 15) is 4.39 Å². The predicted molar refractivity (Wildman–Crippen MR) is 86.0 cm³/mol. The summed E-state index contributed by atoms with van der Waals surface area (Å²) >= 11 is 0. The predicted octanol–water partition coefficient (Wildman–Crippen LogP) is 5.26. The highest BCUT2D eigenvalue weighted by atomic mass is 19.1. The topological polar surface area (TPSA) is 12.0 Å². The van der Waals surface area contributed by atoms with E-state index in [1.807, 2.05) is 12.1 Å². The first-order chi connectivity index (χ1) is 10.2. The number of nitrogens with one attached hydrogen (secondary N) is 1. The van der Waals surface area contributed by atoms with Crippen molar-refractivity contribution in [2.24, 2.45) is 5.92 Å². The molecule has 0 heterocycles. The van der Waals surface area contributed by atoms with Gasteiger partial charge < -0.3 is 5.32 Å². The number of hydrogen-bond donors (Lipinski definition) is 1. The van der Waals surface area contributed by atoms with Crippen molar-refractivity contribution >= 4 is 5.69 Å². The van der Waals surface area contributed by atoms with E-state index in [1.54, 1.807) is 12.1 Å². The summed E-state index contributed by atoms with van der Waals surface area (Å²) in [4.78, 5) is 0. The van der Waals surface area contributed by atoms with Crippen molar-refractivity contribution in [3.63, 3.8) is 0 Å². The molecule has 1 N–H and O–H groups in total. The minimum Gasteiger partial charge on any atom is -0.378 e. The van der Waals surface area contributed by atoms with Crippen LogP contribution in [-0.4, -0.2) is 0 Å². The highest BCUT2D eigenvalue weighted by Crippen LogP contribution is 2.43. The molecule has 21 heavy (non-hydrogen) atoms. The molecular weight excluding hydrogens is 261 g/mol. The van der Waals surface area contributed by atoms with Crippen LogP contribution < -0.4 is 5.32 Å². The monoisotopic (exact) mass is 283 g/mol. The largest absolute Gasteiger partial charge is 0.378 e. The maximum absolute atomic E-state index is 13.2. The van der Waals surface area contributed by atoms with Crippen molar-refractivity contribution in [1.82, 2.24) is 0 Å². The van der Waals surface area contributed by atoms with Gasteiger partial charge in [-0.05, 0) is 60.9 Å². The number of para-hydroxylation sites is 1. The summed E-state index contributed by atoms with van der Waals surface area (Å²) in [6.07, 6.45) is 3.52. The minimum absolute atomic E-state index is 0.168. The molecular formula is C19H22FN. The zero-order valence-corrected chi connectivity index (χ0v) is 12.7. The molecule has 0 aliphatic heterocycles. The summed E-state index contributed by atoms with van der Waals surface area (Å²) in [6, 6.07) is 13.7. The Labute approximate surface area is 126 Å². The lowest BCUT2D eigenvalue weighted by Gasteiger charge is -2.23. The summed E-state index contributed by atoms with van der Waals surface area (Å²) in [5.41, 5.74) is 5.07. The van der Waals surface area contributed by atoms with Gasteiger partial charge in [0.25, 0.3) is 0 Å². The Morgan fingerprint density at radius 3 is 2.48 bits per heavy atom. The van der Waals surface area contributed by atoms with Gasteiger partial charge in [-0.15, -0.1) is 0 Å². The van der Waals surface area contributed by atoms with Crippen LogP contribution >= 0.6 is 0 Å². The summed E-state index contributed by atoms with van der Waals surface area (Å²) in [7, 11) is 0. The Balaban J connectivity index is 1.91. The number of benzene rings is 2. The second-order valence-corrected chi connectivity index (χ2v) is 5.97. The molecule has 0 aromatic heterocycles. The molecule has 1 unspecified atom stereocenters. The second-order valence-electron chi connectivity index (χ2n) is 5.97. The lowest BCUT2D eigenvalue weighted by Crippen LogP contribution is -2.15. The van der Waals surface area contributed by atoms with E-state index < -0.39 is 0 Å². The van der Waals surface area contributed by atoms with E-state index in [1.165, 1.54) is 35.2 Å². The number of anilines is 1. The highest BCUT2D eigenvalue weighted by Gasteiger charge is 2.32. The maximum Gasteiger partial charge on any atom is 0.123 e. The molecule has 2 aromatic carbocycles. The summed E-state index contributed by atoms with van der Waals surface area (Å²) in [5.74, 6) is 0.498. The Hall–Kier alpha value is -1.83. The maximum atomic E-state index is 13.2. The van der Waals surface area contributed by atoms with Gasteiger partial charge in [-0.25, -0.2) is 4.39 Å². The Bertz CT molecular complexity index is 614. The molecule has 0 radical (unpaired) electrons. The van der Waals surface area contributed by atoms with Gasteiger partial charge >= 0.3 is 0 Å². The Morgan fingerprint density at radius 1 is 1.14 bits per heavy atom. The van der Waals surface area contributed by atoms with E-state index in [-0.39, 0.29) is 11.9 Å². The highest BCUT2D eigenvalue weighted by molar-refractivity contribution is 5.58. The zero-order valence-electron chi connectivity index (χ0n) is 12.7. The van der Waals surface area contributed by atoms with Gasteiger partial charge in [-0.3, -0.25) is 0 Å². The van der Waals surface area contributed by atoms with Crippen molar-refractivity contribution in [2.45, 2.75) is 39.2 Å². The van der Waals surface area contributed by atoms with E-state index in [2.05, 4.69) is 37.4 Å². The lowest BCUT2D eigenvalue weighted by atomic mass is 9.99. The standard InChI is InChI=1S/C19H22FN/c1-3-14-6-4-5-13(2)18(14)21-19(15-7-8-15)16-9-11-17(20)12-10-16/h4-6,9-12,15,19,21H,3,7-8H2,1-2H3. The average molecular weight is 283 g/mol. The van der Waals surface area contributed by atoms with Gasteiger partial charge in [0.15, 0.2) is 0 Å². The third-order valence-electron chi connectivity index (χ3n) is 4.36. The quantitative estimate of drug-likeness (QED) is 0.789. The summed E-state index contributed by atoms with van der Waals surface area (Å²) < 4.78 is 13.2. The first-order valence-corrected chi connectivity index (χ1v) is 7.79. The van der Waals surface area contributed by atoms with Crippen LogP contribution in [0.3, 0.4) is 0 Å². The first kappa shape index (κ1) is 14.1. The van der Waals surface area contributed by atoms with Gasteiger partial charge in [0.2, 0.25) is 0 Å². The number of hydrogen-bond acceptors (Lipinski definition) is 1. The van der Waals surface area contributed by atoms with Crippen LogP contribution in [0.1, 0.15) is 42.5 Å². The average Bonchev–Trinajstić information content (AvgIpc) is 3.31. The molecule has 1 aliphatic rings. The van der Waals surface area contributed by atoms with Gasteiger partial charge in [0.05, 0.1) is 6.04 Å². The minimum atomic E-state index is -0.168. The Morgan fingerprint density at radius 2 is 1.86 bits per heavy atom. The van der Waals surface area contributed by atoms with Crippen LogP contribution in [0.4, 0.5) is 10.1 Å². The van der Waals surface area contributed by atoms with Crippen LogP contribution in [-0.2, 0) is 6.42 Å². The third kappa shape index (κ3) is 3.10. The van der Waals surface area contributed by atoms with Crippen molar-refractivity contribution in [1.29, 1.82) is 0 Å². The van der Waals surface area contributed by atoms with Crippen LogP contribution in [0.25, 0.3) is 0 Å². The molecule has 1 aliphatic carbocycles. The van der Waals surface area contributed by atoms with Gasteiger partial charge in [-0.2, -0.15) is 0 Å². The molecule has 0 bridgehead atoms.